The number of likely N-dealkylation sites (tertiary alicyclic amines) is 1. The number of urea groups is 1. The van der Waals surface area contributed by atoms with E-state index in [9.17, 15) is 14.4 Å². The molecule has 5 rings (SSSR count). The first-order chi connectivity index (χ1) is 16.4. The van der Waals surface area contributed by atoms with Gasteiger partial charge in [-0.1, -0.05) is 54.6 Å². The fraction of sp³-hybridized carbons (Fsp3) is 0.444. The molecule has 7 nitrogen and oxygen atoms in total. The fourth-order valence-corrected chi connectivity index (χ4v) is 5.91. The van der Waals surface area contributed by atoms with Gasteiger partial charge >= 0.3 is 6.03 Å². The molecule has 1 spiro atoms. The number of fused-ring (bicyclic) bond motifs is 2. The second-order valence-electron chi connectivity index (χ2n) is 9.59. The Morgan fingerprint density at radius 3 is 2.65 bits per heavy atom. The van der Waals surface area contributed by atoms with Crippen LogP contribution in [0.25, 0.3) is 0 Å². The van der Waals surface area contributed by atoms with Crippen LogP contribution in [-0.4, -0.2) is 64.8 Å². The van der Waals surface area contributed by atoms with Crippen LogP contribution in [0, 0.1) is 0 Å². The predicted octanol–water partition coefficient (Wildman–Crippen LogP) is 3.06. The molecule has 3 atom stereocenters. The monoisotopic (exact) mass is 460 g/mol. The highest BCUT2D eigenvalue weighted by atomic mass is 16.2. The Bertz CT molecular complexity index is 1100. The Balaban J connectivity index is 1.27. The van der Waals surface area contributed by atoms with Crippen LogP contribution in [0.3, 0.4) is 0 Å². The number of nitrogens with one attached hydrogen (secondary N) is 1. The van der Waals surface area contributed by atoms with Crippen molar-refractivity contribution in [2.45, 2.75) is 50.7 Å². The van der Waals surface area contributed by atoms with Crippen molar-refractivity contribution in [3.8, 4) is 0 Å². The predicted molar refractivity (Wildman–Crippen MR) is 129 cm³/mol. The number of rotatable bonds is 6. The van der Waals surface area contributed by atoms with E-state index in [0.29, 0.717) is 13.0 Å². The van der Waals surface area contributed by atoms with E-state index in [2.05, 4.69) is 41.4 Å². The van der Waals surface area contributed by atoms with Crippen molar-refractivity contribution in [1.29, 1.82) is 0 Å². The molecule has 2 fully saturated rings. The van der Waals surface area contributed by atoms with Crippen molar-refractivity contribution in [2.75, 3.05) is 26.2 Å². The molecule has 0 unspecified atom stereocenters. The van der Waals surface area contributed by atoms with E-state index in [1.165, 1.54) is 5.56 Å². The number of carbonyl (C=O) groups is 3. The van der Waals surface area contributed by atoms with Crippen molar-refractivity contribution in [3.63, 3.8) is 0 Å². The Morgan fingerprint density at radius 2 is 1.88 bits per heavy atom. The number of amides is 4. The van der Waals surface area contributed by atoms with E-state index in [-0.39, 0.29) is 30.4 Å². The van der Waals surface area contributed by atoms with Gasteiger partial charge in [-0.15, -0.1) is 0 Å². The zero-order valence-electron chi connectivity index (χ0n) is 19.9. The summed E-state index contributed by atoms with van der Waals surface area (Å²) >= 11 is 0. The lowest BCUT2D eigenvalue weighted by Gasteiger charge is -2.31. The van der Waals surface area contributed by atoms with Gasteiger partial charge in [0.1, 0.15) is 12.1 Å². The molecule has 1 aliphatic carbocycles. The summed E-state index contributed by atoms with van der Waals surface area (Å²) in [6.45, 7) is 6.19. The molecule has 0 bridgehead atoms. The third kappa shape index (κ3) is 3.68. The van der Waals surface area contributed by atoms with E-state index in [1.54, 1.807) is 0 Å². The first kappa shape index (κ1) is 22.6. The third-order valence-electron chi connectivity index (χ3n) is 7.84. The zero-order chi connectivity index (χ0) is 23.9. The lowest BCUT2D eigenvalue weighted by atomic mass is 9.92. The minimum atomic E-state index is -1.03. The fourth-order valence-electron chi connectivity index (χ4n) is 5.91. The Morgan fingerprint density at radius 1 is 1.15 bits per heavy atom. The number of aryl methyl sites for hydroxylation is 1. The van der Waals surface area contributed by atoms with Crippen LogP contribution in [0.4, 0.5) is 4.79 Å². The maximum atomic E-state index is 13.4. The molecule has 34 heavy (non-hydrogen) atoms. The minimum Gasteiger partial charge on any atom is -0.337 e. The molecule has 2 aromatic rings. The van der Waals surface area contributed by atoms with Crippen LogP contribution in [0.1, 0.15) is 49.4 Å². The van der Waals surface area contributed by atoms with Gasteiger partial charge in [-0.2, -0.15) is 0 Å². The van der Waals surface area contributed by atoms with Crippen LogP contribution in [0.2, 0.25) is 0 Å². The second-order valence-corrected chi connectivity index (χ2v) is 9.59. The average molecular weight is 461 g/mol. The van der Waals surface area contributed by atoms with Crippen LogP contribution < -0.4 is 5.32 Å². The first-order valence-corrected chi connectivity index (χ1v) is 12.3. The summed E-state index contributed by atoms with van der Waals surface area (Å²) in [6.07, 6.45) is 2.16. The van der Waals surface area contributed by atoms with Gasteiger partial charge in [0, 0.05) is 31.7 Å². The maximum Gasteiger partial charge on any atom is 0.325 e. The van der Waals surface area contributed by atoms with E-state index < -0.39 is 11.6 Å². The van der Waals surface area contributed by atoms with Crippen LogP contribution in [0.15, 0.2) is 54.6 Å². The normalized spacial score (nSPS) is 25.0. The van der Waals surface area contributed by atoms with E-state index >= 15 is 0 Å². The molecular weight excluding hydrogens is 428 g/mol. The minimum absolute atomic E-state index is 0.0746. The number of hydrogen-bond acceptors (Lipinski definition) is 4. The topological polar surface area (TPSA) is 73.0 Å². The van der Waals surface area contributed by atoms with Crippen molar-refractivity contribution < 1.29 is 14.4 Å². The molecule has 2 aliphatic heterocycles. The molecule has 178 valence electrons. The summed E-state index contributed by atoms with van der Waals surface area (Å²) in [5, 5.41) is 2.92. The Kier molecular flexibility index (Phi) is 5.90. The summed E-state index contributed by atoms with van der Waals surface area (Å²) in [4.78, 5) is 45.0. The van der Waals surface area contributed by atoms with Crippen molar-refractivity contribution in [1.82, 2.24) is 20.0 Å². The average Bonchev–Trinajstić information content (AvgIpc) is 3.54. The third-order valence-corrected chi connectivity index (χ3v) is 7.84. The quantitative estimate of drug-likeness (QED) is 0.673. The lowest BCUT2D eigenvalue weighted by Crippen LogP contribution is -2.48. The Labute approximate surface area is 200 Å². The zero-order valence-corrected chi connectivity index (χ0v) is 19.9. The van der Waals surface area contributed by atoms with E-state index in [1.807, 2.05) is 42.2 Å². The van der Waals surface area contributed by atoms with E-state index in [0.717, 1.165) is 42.0 Å². The lowest BCUT2D eigenvalue weighted by molar-refractivity contribution is -0.140. The number of nitrogens with zero attached hydrogens (tertiary/aromatic N) is 3. The molecule has 0 saturated carbocycles. The second kappa shape index (κ2) is 8.87. The highest BCUT2D eigenvalue weighted by Crippen LogP contribution is 2.41. The smallest absolute Gasteiger partial charge is 0.325 e. The molecular formula is C27H32N4O3. The SMILES string of the molecule is CCN(C(=O)CN1C(=O)N[C@]2(CCc3ccccc32)C1=O)[C@@H]1CCN([C@@H](C)c2ccccc2)C1. The molecule has 0 aromatic heterocycles. The Hall–Kier alpha value is -3.19. The maximum absolute atomic E-state index is 13.4. The summed E-state index contributed by atoms with van der Waals surface area (Å²) < 4.78 is 0. The largest absolute Gasteiger partial charge is 0.337 e. The van der Waals surface area contributed by atoms with Crippen molar-refractivity contribution in [2.24, 2.45) is 0 Å². The number of benzene rings is 2. The molecule has 4 amide bonds. The first-order valence-electron chi connectivity index (χ1n) is 12.3. The number of hydrogen-bond donors (Lipinski definition) is 1. The van der Waals surface area contributed by atoms with Crippen LogP contribution in [0.5, 0.6) is 0 Å². The number of imide groups is 1. The van der Waals surface area contributed by atoms with Gasteiger partial charge in [0.2, 0.25) is 5.91 Å². The molecule has 2 aromatic carbocycles. The van der Waals surface area contributed by atoms with Gasteiger partial charge in [0.25, 0.3) is 5.91 Å². The molecule has 0 radical (unpaired) electrons. The van der Waals surface area contributed by atoms with Gasteiger partial charge in [-0.05, 0) is 49.8 Å². The summed E-state index contributed by atoms with van der Waals surface area (Å²) in [5.74, 6) is -0.480. The summed E-state index contributed by atoms with van der Waals surface area (Å²) in [7, 11) is 0. The molecule has 3 aliphatic rings. The van der Waals surface area contributed by atoms with Gasteiger partial charge in [0.05, 0.1) is 0 Å². The van der Waals surface area contributed by atoms with Gasteiger partial charge in [0.15, 0.2) is 0 Å². The van der Waals surface area contributed by atoms with Gasteiger partial charge in [-0.3, -0.25) is 19.4 Å². The van der Waals surface area contributed by atoms with Crippen LogP contribution in [-0.2, 0) is 21.5 Å². The highest BCUT2D eigenvalue weighted by molar-refractivity contribution is 6.09. The van der Waals surface area contributed by atoms with Crippen molar-refractivity contribution in [3.05, 3.63) is 71.3 Å². The van der Waals surface area contributed by atoms with Gasteiger partial charge in [-0.25, -0.2) is 4.79 Å². The summed E-state index contributed by atoms with van der Waals surface area (Å²) in [6, 6.07) is 18.0. The van der Waals surface area contributed by atoms with Crippen molar-refractivity contribution >= 4 is 17.8 Å². The van der Waals surface area contributed by atoms with Gasteiger partial charge < -0.3 is 10.2 Å². The summed E-state index contributed by atoms with van der Waals surface area (Å²) in [5.41, 5.74) is 2.18. The van der Waals surface area contributed by atoms with Crippen LogP contribution >= 0.6 is 0 Å². The standard InChI is InChI=1S/C27H32N4O3/c1-3-30(22-14-16-29(17-22)19(2)20-9-5-4-6-10-20)24(32)18-31-25(33)27(28-26(31)34)15-13-21-11-7-8-12-23(21)27/h4-12,19,22H,3,13-18H2,1-2H3,(H,28,34)/t19-,22+,27-/m0/s1. The number of carbonyl (C=O) groups excluding carboxylic acids is 3. The van der Waals surface area contributed by atoms with E-state index in [4.69, 9.17) is 0 Å². The molecule has 2 heterocycles. The molecule has 1 N–H and O–H groups in total. The molecule has 7 heteroatoms. The highest BCUT2D eigenvalue weighted by Gasteiger charge is 2.55. The molecule has 2 saturated heterocycles. The number of likely N-dealkylation sites (N-methyl/N-ethyl adjacent to an activating group) is 1.